The molecule has 1 aliphatic rings. The monoisotopic (exact) mass is 317 g/mol. The van der Waals surface area contributed by atoms with Crippen molar-refractivity contribution in [3.63, 3.8) is 0 Å². The smallest absolute Gasteiger partial charge is 0.311 e. The number of rotatable bonds is 3. The van der Waals surface area contributed by atoms with Crippen molar-refractivity contribution in [1.82, 2.24) is 4.90 Å². The molecule has 1 aromatic carbocycles. The van der Waals surface area contributed by atoms with E-state index in [0.717, 1.165) is 0 Å². The van der Waals surface area contributed by atoms with Gasteiger partial charge in [0.15, 0.2) is 5.76 Å². The highest BCUT2D eigenvalue weighted by Crippen LogP contribution is 2.32. The zero-order chi connectivity index (χ0) is 16.6. The van der Waals surface area contributed by atoms with E-state index in [2.05, 4.69) is 0 Å². The highest BCUT2D eigenvalue weighted by atomic mass is 19.1. The fourth-order valence-electron chi connectivity index (χ4n) is 2.72. The number of furan rings is 1. The molecule has 120 valence electrons. The van der Waals surface area contributed by atoms with Crippen LogP contribution in [-0.2, 0) is 4.79 Å². The van der Waals surface area contributed by atoms with Crippen LogP contribution in [0.3, 0.4) is 0 Å². The van der Waals surface area contributed by atoms with Gasteiger partial charge in [-0.05, 0) is 37.6 Å². The fourth-order valence-corrected chi connectivity index (χ4v) is 2.72. The summed E-state index contributed by atoms with van der Waals surface area (Å²) in [7, 11) is 0. The Hall–Kier alpha value is -2.63. The first-order chi connectivity index (χ1) is 10.9. The Morgan fingerprint density at radius 1 is 1.26 bits per heavy atom. The van der Waals surface area contributed by atoms with Crippen LogP contribution < -0.4 is 0 Å². The second-order valence-corrected chi connectivity index (χ2v) is 5.99. The maximum Gasteiger partial charge on any atom is 0.311 e. The molecule has 2 heterocycles. The maximum absolute atomic E-state index is 13.8. The number of benzene rings is 1. The van der Waals surface area contributed by atoms with E-state index in [9.17, 15) is 19.1 Å². The molecule has 1 saturated heterocycles. The van der Waals surface area contributed by atoms with E-state index in [0.29, 0.717) is 13.0 Å². The van der Waals surface area contributed by atoms with Gasteiger partial charge in [0.1, 0.15) is 11.6 Å². The average Bonchev–Trinajstić information content (AvgIpc) is 3.15. The lowest BCUT2D eigenvalue weighted by molar-refractivity contribution is -0.147. The molecule has 1 unspecified atom stereocenters. The van der Waals surface area contributed by atoms with Gasteiger partial charge in [-0.15, -0.1) is 0 Å². The van der Waals surface area contributed by atoms with Gasteiger partial charge in [-0.1, -0.05) is 12.1 Å². The zero-order valence-electron chi connectivity index (χ0n) is 12.6. The zero-order valence-corrected chi connectivity index (χ0v) is 12.6. The quantitative estimate of drug-likeness (QED) is 0.944. The Kier molecular flexibility index (Phi) is 3.67. The summed E-state index contributed by atoms with van der Waals surface area (Å²) in [5.41, 5.74) is -0.653. The number of halogens is 1. The predicted octanol–water partition coefficient (Wildman–Crippen LogP) is 3.02. The molecule has 1 aliphatic heterocycles. The van der Waals surface area contributed by atoms with E-state index in [-0.39, 0.29) is 29.5 Å². The summed E-state index contributed by atoms with van der Waals surface area (Å²) in [4.78, 5) is 25.1. The first-order valence-corrected chi connectivity index (χ1v) is 7.28. The summed E-state index contributed by atoms with van der Waals surface area (Å²) in [6.07, 6.45) is 0.398. The van der Waals surface area contributed by atoms with E-state index in [1.54, 1.807) is 25.1 Å². The highest BCUT2D eigenvalue weighted by molar-refractivity contribution is 5.93. The molecule has 1 atom stereocenters. The van der Waals surface area contributed by atoms with E-state index >= 15 is 0 Å². The number of hydrogen-bond donors (Lipinski definition) is 1. The summed E-state index contributed by atoms with van der Waals surface area (Å²) in [6.45, 7) is 2.11. The minimum absolute atomic E-state index is 0.0814. The minimum Gasteiger partial charge on any atom is -0.481 e. The molecule has 0 saturated carbocycles. The van der Waals surface area contributed by atoms with Gasteiger partial charge in [0.25, 0.3) is 5.91 Å². The third-order valence-corrected chi connectivity index (χ3v) is 4.23. The maximum atomic E-state index is 13.8. The number of hydrogen-bond acceptors (Lipinski definition) is 3. The molecule has 0 radical (unpaired) electrons. The number of likely N-dealkylation sites (tertiary alicyclic amines) is 1. The van der Waals surface area contributed by atoms with Gasteiger partial charge >= 0.3 is 5.97 Å². The number of carbonyl (C=O) groups excluding carboxylic acids is 1. The fraction of sp³-hybridized carbons (Fsp3) is 0.294. The Morgan fingerprint density at radius 2 is 2.00 bits per heavy atom. The third kappa shape index (κ3) is 2.72. The van der Waals surface area contributed by atoms with Gasteiger partial charge in [0.2, 0.25) is 0 Å². The number of nitrogens with zero attached hydrogens (tertiary/aromatic N) is 1. The van der Waals surface area contributed by atoms with Gasteiger partial charge in [0, 0.05) is 13.1 Å². The lowest BCUT2D eigenvalue weighted by atomic mass is 9.90. The molecule has 1 aromatic heterocycles. The van der Waals surface area contributed by atoms with E-state index in [4.69, 9.17) is 4.42 Å². The van der Waals surface area contributed by atoms with Crippen molar-refractivity contribution in [3.8, 4) is 11.3 Å². The van der Waals surface area contributed by atoms with Crippen molar-refractivity contribution in [1.29, 1.82) is 0 Å². The molecule has 0 aliphatic carbocycles. The highest BCUT2D eigenvalue weighted by Gasteiger charge is 2.42. The topological polar surface area (TPSA) is 70.8 Å². The molecule has 2 aromatic rings. The molecule has 0 spiro atoms. The number of carbonyl (C=O) groups is 2. The molecule has 1 N–H and O–H groups in total. The van der Waals surface area contributed by atoms with Gasteiger partial charge in [-0.2, -0.15) is 0 Å². The predicted molar refractivity (Wildman–Crippen MR) is 80.4 cm³/mol. The Bertz CT molecular complexity index is 769. The number of amides is 1. The SMILES string of the molecule is CC1(C(=O)O)CCN(C(=O)c2ccc(-c3ccccc3F)o2)C1. The largest absolute Gasteiger partial charge is 0.481 e. The second kappa shape index (κ2) is 5.53. The van der Waals surface area contributed by atoms with Crippen molar-refractivity contribution in [3.05, 3.63) is 48.0 Å². The third-order valence-electron chi connectivity index (χ3n) is 4.23. The summed E-state index contributed by atoms with van der Waals surface area (Å²) < 4.78 is 19.2. The van der Waals surface area contributed by atoms with Crippen LogP contribution in [0.2, 0.25) is 0 Å². The second-order valence-electron chi connectivity index (χ2n) is 5.99. The van der Waals surface area contributed by atoms with Gasteiger partial charge in [-0.3, -0.25) is 9.59 Å². The first kappa shape index (κ1) is 15.3. The molecule has 6 heteroatoms. The van der Waals surface area contributed by atoms with Crippen molar-refractivity contribution >= 4 is 11.9 Å². The number of carboxylic acid groups (broad SMARTS) is 1. The van der Waals surface area contributed by atoms with Crippen LogP contribution in [-0.4, -0.2) is 35.0 Å². The average molecular weight is 317 g/mol. The van der Waals surface area contributed by atoms with E-state index < -0.39 is 17.2 Å². The van der Waals surface area contributed by atoms with Gasteiger partial charge in [-0.25, -0.2) is 4.39 Å². The molecule has 1 amide bonds. The standard InChI is InChI=1S/C17H16FNO4/c1-17(16(21)22)8-9-19(10-17)15(20)14-7-6-13(23-14)11-4-2-3-5-12(11)18/h2-7H,8-10H2,1H3,(H,21,22). The minimum atomic E-state index is -0.934. The molecule has 1 fully saturated rings. The number of aliphatic carboxylic acids is 1. The Labute approximate surface area is 132 Å². The van der Waals surface area contributed by atoms with Crippen molar-refractivity contribution in [2.45, 2.75) is 13.3 Å². The molecule has 23 heavy (non-hydrogen) atoms. The summed E-state index contributed by atoms with van der Waals surface area (Å²) >= 11 is 0. The van der Waals surface area contributed by atoms with Crippen LogP contribution >= 0.6 is 0 Å². The van der Waals surface area contributed by atoms with Gasteiger partial charge < -0.3 is 14.4 Å². The van der Waals surface area contributed by atoms with Crippen molar-refractivity contribution in [2.24, 2.45) is 5.41 Å². The first-order valence-electron chi connectivity index (χ1n) is 7.28. The summed E-state index contributed by atoms with van der Waals surface area (Å²) in [5.74, 6) is -1.37. The molecule has 0 bridgehead atoms. The lowest BCUT2D eigenvalue weighted by Gasteiger charge is -2.19. The Morgan fingerprint density at radius 3 is 2.65 bits per heavy atom. The number of carboxylic acids is 1. The van der Waals surface area contributed by atoms with Crippen molar-refractivity contribution in [2.75, 3.05) is 13.1 Å². The van der Waals surface area contributed by atoms with Crippen molar-refractivity contribution < 1.29 is 23.5 Å². The van der Waals surface area contributed by atoms with Crippen LogP contribution in [0, 0.1) is 11.2 Å². The summed E-state index contributed by atoms with van der Waals surface area (Å²) in [6, 6.07) is 9.17. The van der Waals surface area contributed by atoms with Crippen LogP contribution in [0.1, 0.15) is 23.9 Å². The molecule has 5 nitrogen and oxygen atoms in total. The molecule has 3 rings (SSSR count). The Balaban J connectivity index is 1.80. The van der Waals surface area contributed by atoms with Gasteiger partial charge in [0.05, 0.1) is 11.0 Å². The molecular formula is C17H16FNO4. The normalized spacial score (nSPS) is 20.7. The van der Waals surface area contributed by atoms with E-state index in [1.165, 1.54) is 23.1 Å². The van der Waals surface area contributed by atoms with Crippen LogP contribution in [0.15, 0.2) is 40.8 Å². The van der Waals surface area contributed by atoms with Crippen LogP contribution in [0.25, 0.3) is 11.3 Å². The van der Waals surface area contributed by atoms with Crippen LogP contribution in [0.5, 0.6) is 0 Å². The summed E-state index contributed by atoms with van der Waals surface area (Å²) in [5, 5.41) is 9.22. The van der Waals surface area contributed by atoms with Crippen LogP contribution in [0.4, 0.5) is 4.39 Å². The molecular weight excluding hydrogens is 301 g/mol. The van der Waals surface area contributed by atoms with E-state index in [1.807, 2.05) is 0 Å². The lowest BCUT2D eigenvalue weighted by Crippen LogP contribution is -2.34.